The lowest BCUT2D eigenvalue weighted by Crippen LogP contribution is -2.40. The van der Waals surface area contributed by atoms with Gasteiger partial charge in [0.1, 0.15) is 0 Å². The molecule has 1 fully saturated rings. The Balaban J connectivity index is 1.78. The van der Waals surface area contributed by atoms with E-state index in [9.17, 15) is 9.59 Å². The van der Waals surface area contributed by atoms with Crippen molar-refractivity contribution in [2.75, 3.05) is 19.6 Å². The van der Waals surface area contributed by atoms with Crippen LogP contribution in [0.2, 0.25) is 0 Å². The van der Waals surface area contributed by atoms with E-state index in [1.54, 1.807) is 6.08 Å². The molecule has 4 nitrogen and oxygen atoms in total. The van der Waals surface area contributed by atoms with Crippen molar-refractivity contribution in [2.24, 2.45) is 5.92 Å². The molecule has 0 aliphatic carbocycles. The van der Waals surface area contributed by atoms with Crippen LogP contribution in [-0.4, -0.2) is 36.3 Å². The molecule has 1 aromatic carbocycles. The highest BCUT2D eigenvalue weighted by atomic mass is 16.2. The standard InChI is InChI=1S/C17H22N2O2/c1-14(20)18-13-16-9-11-19(12-10-16)17(21)8-7-15-5-3-2-4-6-15/h2-8,16H,9-13H2,1H3,(H,18,20)/b8-7-. The summed E-state index contributed by atoms with van der Waals surface area (Å²) in [6, 6.07) is 9.82. The number of carbonyl (C=O) groups is 2. The predicted octanol–water partition coefficient (Wildman–Crippen LogP) is 2.07. The molecule has 0 radical (unpaired) electrons. The van der Waals surface area contributed by atoms with Crippen molar-refractivity contribution in [3.8, 4) is 0 Å². The highest BCUT2D eigenvalue weighted by molar-refractivity contribution is 5.91. The van der Waals surface area contributed by atoms with Gasteiger partial charge in [-0.15, -0.1) is 0 Å². The molecule has 2 rings (SSSR count). The first-order valence-corrected chi connectivity index (χ1v) is 7.41. The molecule has 0 atom stereocenters. The number of amides is 2. The fourth-order valence-corrected chi connectivity index (χ4v) is 2.48. The number of hydrogen-bond acceptors (Lipinski definition) is 2. The zero-order valence-electron chi connectivity index (χ0n) is 12.4. The van der Waals surface area contributed by atoms with Crippen molar-refractivity contribution in [1.29, 1.82) is 0 Å². The van der Waals surface area contributed by atoms with Crippen LogP contribution in [0.3, 0.4) is 0 Å². The fraction of sp³-hybridized carbons (Fsp3) is 0.412. The molecule has 0 unspecified atom stereocenters. The maximum absolute atomic E-state index is 12.1. The summed E-state index contributed by atoms with van der Waals surface area (Å²) in [7, 11) is 0. The Kier molecular flexibility index (Phi) is 5.55. The van der Waals surface area contributed by atoms with Crippen molar-refractivity contribution < 1.29 is 9.59 Å². The third kappa shape index (κ3) is 5.06. The number of carbonyl (C=O) groups excluding carboxylic acids is 2. The summed E-state index contributed by atoms with van der Waals surface area (Å²) in [5, 5.41) is 2.85. The average molecular weight is 286 g/mol. The normalized spacial score (nSPS) is 16.1. The van der Waals surface area contributed by atoms with Gasteiger partial charge in [0, 0.05) is 32.6 Å². The minimum Gasteiger partial charge on any atom is -0.356 e. The van der Waals surface area contributed by atoms with E-state index in [1.807, 2.05) is 41.3 Å². The maximum Gasteiger partial charge on any atom is 0.246 e. The molecular formula is C17H22N2O2. The minimum atomic E-state index is 0.0132. The predicted molar refractivity (Wildman–Crippen MR) is 83.5 cm³/mol. The van der Waals surface area contributed by atoms with E-state index in [0.717, 1.165) is 38.0 Å². The van der Waals surface area contributed by atoms with Gasteiger partial charge < -0.3 is 10.2 Å². The molecule has 4 heteroatoms. The lowest BCUT2D eigenvalue weighted by molar-refractivity contribution is -0.127. The smallest absolute Gasteiger partial charge is 0.246 e. The molecule has 1 aliphatic heterocycles. The second kappa shape index (κ2) is 7.62. The van der Waals surface area contributed by atoms with Gasteiger partial charge in [-0.25, -0.2) is 0 Å². The van der Waals surface area contributed by atoms with Crippen LogP contribution in [0.25, 0.3) is 6.08 Å². The largest absolute Gasteiger partial charge is 0.356 e. The van der Waals surface area contributed by atoms with Gasteiger partial charge in [-0.2, -0.15) is 0 Å². The average Bonchev–Trinajstić information content (AvgIpc) is 2.52. The summed E-state index contributed by atoms with van der Waals surface area (Å²) >= 11 is 0. The molecule has 1 aliphatic rings. The number of piperidine rings is 1. The number of likely N-dealkylation sites (tertiary alicyclic amines) is 1. The Morgan fingerprint density at radius 3 is 2.52 bits per heavy atom. The van der Waals surface area contributed by atoms with Crippen LogP contribution in [-0.2, 0) is 9.59 Å². The molecule has 0 spiro atoms. The zero-order chi connectivity index (χ0) is 15.1. The molecule has 1 aromatic rings. The number of nitrogens with zero attached hydrogens (tertiary/aromatic N) is 1. The van der Waals surface area contributed by atoms with Crippen molar-refractivity contribution in [1.82, 2.24) is 10.2 Å². The van der Waals surface area contributed by atoms with Gasteiger partial charge in [0.2, 0.25) is 11.8 Å². The third-order valence-corrected chi connectivity index (χ3v) is 3.78. The topological polar surface area (TPSA) is 49.4 Å². The molecule has 21 heavy (non-hydrogen) atoms. The molecule has 1 N–H and O–H groups in total. The first-order chi connectivity index (χ1) is 10.1. The van der Waals surface area contributed by atoms with Crippen LogP contribution in [0.15, 0.2) is 36.4 Å². The number of benzene rings is 1. The number of hydrogen-bond donors (Lipinski definition) is 1. The summed E-state index contributed by atoms with van der Waals surface area (Å²) < 4.78 is 0. The van der Waals surface area contributed by atoms with E-state index < -0.39 is 0 Å². The van der Waals surface area contributed by atoms with E-state index in [0.29, 0.717) is 5.92 Å². The van der Waals surface area contributed by atoms with Crippen molar-refractivity contribution in [3.63, 3.8) is 0 Å². The Morgan fingerprint density at radius 1 is 1.24 bits per heavy atom. The van der Waals surface area contributed by atoms with Crippen LogP contribution < -0.4 is 5.32 Å². The summed E-state index contributed by atoms with van der Waals surface area (Å²) in [6.45, 7) is 3.79. The summed E-state index contributed by atoms with van der Waals surface area (Å²) in [5.41, 5.74) is 1.03. The Morgan fingerprint density at radius 2 is 1.90 bits per heavy atom. The van der Waals surface area contributed by atoms with Gasteiger partial charge in [0.25, 0.3) is 0 Å². The van der Waals surface area contributed by atoms with Crippen molar-refractivity contribution >= 4 is 17.9 Å². The quantitative estimate of drug-likeness (QED) is 0.862. The third-order valence-electron chi connectivity index (χ3n) is 3.78. The summed E-state index contributed by atoms with van der Waals surface area (Å²) in [5.74, 6) is 0.562. The minimum absolute atomic E-state index is 0.0132. The maximum atomic E-state index is 12.1. The molecule has 1 heterocycles. The van der Waals surface area contributed by atoms with Gasteiger partial charge in [-0.05, 0) is 30.4 Å². The van der Waals surface area contributed by atoms with E-state index in [4.69, 9.17) is 0 Å². The van der Waals surface area contributed by atoms with Crippen LogP contribution in [0.5, 0.6) is 0 Å². The Hall–Kier alpha value is -2.10. The highest BCUT2D eigenvalue weighted by Gasteiger charge is 2.21. The van der Waals surface area contributed by atoms with E-state index >= 15 is 0 Å². The molecule has 112 valence electrons. The number of rotatable bonds is 4. The van der Waals surface area contributed by atoms with Crippen molar-refractivity contribution in [3.05, 3.63) is 42.0 Å². The SMILES string of the molecule is CC(=O)NCC1CCN(C(=O)/C=C\c2ccccc2)CC1. The van der Waals surface area contributed by atoms with E-state index in [1.165, 1.54) is 6.92 Å². The molecule has 0 saturated carbocycles. The van der Waals surface area contributed by atoms with Gasteiger partial charge in [0.05, 0.1) is 0 Å². The fourth-order valence-electron chi connectivity index (χ4n) is 2.48. The highest BCUT2D eigenvalue weighted by Crippen LogP contribution is 2.17. The van der Waals surface area contributed by atoms with Crippen LogP contribution in [0.4, 0.5) is 0 Å². The molecule has 0 aromatic heterocycles. The monoisotopic (exact) mass is 286 g/mol. The van der Waals surface area contributed by atoms with Crippen molar-refractivity contribution in [2.45, 2.75) is 19.8 Å². The summed E-state index contributed by atoms with van der Waals surface area (Å²) in [4.78, 5) is 24.9. The van der Waals surface area contributed by atoms with E-state index in [2.05, 4.69) is 5.32 Å². The second-order valence-electron chi connectivity index (χ2n) is 5.45. The van der Waals surface area contributed by atoms with Gasteiger partial charge in [-0.3, -0.25) is 9.59 Å². The van der Waals surface area contributed by atoms with Gasteiger partial charge >= 0.3 is 0 Å². The Bertz CT molecular complexity index is 503. The molecule has 0 bridgehead atoms. The zero-order valence-corrected chi connectivity index (χ0v) is 12.4. The van der Waals surface area contributed by atoms with Gasteiger partial charge in [0.15, 0.2) is 0 Å². The Labute approximate surface area is 125 Å². The number of nitrogens with one attached hydrogen (secondary N) is 1. The van der Waals surface area contributed by atoms with Crippen LogP contribution in [0.1, 0.15) is 25.3 Å². The van der Waals surface area contributed by atoms with Gasteiger partial charge in [-0.1, -0.05) is 30.3 Å². The van der Waals surface area contributed by atoms with Crippen LogP contribution in [0, 0.1) is 5.92 Å². The first kappa shape index (κ1) is 15.3. The summed E-state index contributed by atoms with van der Waals surface area (Å²) in [6.07, 6.45) is 5.39. The lowest BCUT2D eigenvalue weighted by atomic mass is 9.96. The molecule has 1 saturated heterocycles. The molecule has 2 amide bonds. The first-order valence-electron chi connectivity index (χ1n) is 7.41. The van der Waals surface area contributed by atoms with Crippen LogP contribution >= 0.6 is 0 Å². The molecular weight excluding hydrogens is 264 g/mol. The second-order valence-corrected chi connectivity index (χ2v) is 5.45. The lowest BCUT2D eigenvalue weighted by Gasteiger charge is -2.31. The van der Waals surface area contributed by atoms with E-state index in [-0.39, 0.29) is 11.8 Å².